The normalized spacial score (nSPS) is 10.4. The molecule has 0 radical (unpaired) electrons. The highest BCUT2D eigenvalue weighted by atomic mass is 79.9. The van der Waals surface area contributed by atoms with Gasteiger partial charge in [0.1, 0.15) is 0 Å². The zero-order valence-electron chi connectivity index (χ0n) is 9.04. The average Bonchev–Trinajstić information content (AvgIpc) is 2.74. The molecule has 0 atom stereocenters. The van der Waals surface area contributed by atoms with Crippen molar-refractivity contribution in [2.24, 2.45) is 0 Å². The van der Waals surface area contributed by atoms with Gasteiger partial charge in [0.2, 0.25) is 0 Å². The van der Waals surface area contributed by atoms with Gasteiger partial charge in [0.25, 0.3) is 0 Å². The van der Waals surface area contributed by atoms with Gasteiger partial charge in [-0.3, -0.25) is 0 Å². The number of benzene rings is 1. The Bertz CT molecular complexity index is 612. The van der Waals surface area contributed by atoms with E-state index in [-0.39, 0.29) is 0 Å². The van der Waals surface area contributed by atoms with Crippen molar-refractivity contribution in [3.05, 3.63) is 36.8 Å². The van der Waals surface area contributed by atoms with Gasteiger partial charge < -0.3 is 4.74 Å². The van der Waals surface area contributed by atoms with E-state index in [9.17, 15) is 4.79 Å². The molecule has 0 saturated heterocycles. The maximum Gasteiger partial charge on any atom is 0.358 e. The maximum absolute atomic E-state index is 11.7. The minimum absolute atomic E-state index is 0.323. The molecule has 7 heteroatoms. The lowest BCUT2D eigenvalue weighted by atomic mass is 10.1. The van der Waals surface area contributed by atoms with E-state index in [4.69, 9.17) is 4.74 Å². The van der Waals surface area contributed by atoms with E-state index in [0.717, 1.165) is 19.4 Å². The summed E-state index contributed by atoms with van der Waals surface area (Å²) in [5.41, 5.74) is 1.23. The lowest BCUT2D eigenvalue weighted by Gasteiger charge is -2.03. The van der Waals surface area contributed by atoms with Crippen LogP contribution in [0.2, 0.25) is 0 Å². The Kier molecular flexibility index (Phi) is 4.58. The minimum Gasteiger partial charge on any atom is -0.464 e. The van der Waals surface area contributed by atoms with Crippen LogP contribution in [0.1, 0.15) is 10.5 Å². The van der Waals surface area contributed by atoms with Crippen molar-refractivity contribution < 1.29 is 9.53 Å². The molecule has 0 unspecified atom stereocenters. The average molecular weight is 456 g/mol. The zero-order valence-corrected chi connectivity index (χ0v) is 14.6. The largest absolute Gasteiger partial charge is 0.464 e. The molecule has 18 heavy (non-hydrogen) atoms. The van der Waals surface area contributed by atoms with Gasteiger partial charge in [0.15, 0.2) is 9.61 Å². The molecule has 1 aromatic heterocycles. The fraction of sp³-hybridized carbons (Fsp3) is 0.0909. The van der Waals surface area contributed by atoms with E-state index in [1.54, 1.807) is 0 Å². The monoisotopic (exact) mass is 453 g/mol. The molecule has 0 amide bonds. The molecule has 1 aromatic carbocycles. The molecule has 0 fully saturated rings. The second-order valence-electron chi connectivity index (χ2n) is 3.27. The summed E-state index contributed by atoms with van der Waals surface area (Å²) in [6.07, 6.45) is 0. The summed E-state index contributed by atoms with van der Waals surface area (Å²) in [6, 6.07) is 5.76. The number of esters is 1. The third-order valence-electron chi connectivity index (χ3n) is 2.16. The molecule has 0 N–H and O–H groups in total. The molecular weight excluding hydrogens is 450 g/mol. The molecule has 3 nitrogen and oxygen atoms in total. The number of carbonyl (C=O) groups is 1. The number of thiazole rings is 1. The topological polar surface area (TPSA) is 39.2 Å². The Hall–Kier alpha value is -0.240. The van der Waals surface area contributed by atoms with Crippen molar-refractivity contribution in [3.8, 4) is 10.4 Å². The van der Waals surface area contributed by atoms with Gasteiger partial charge >= 0.3 is 5.97 Å². The SMILES string of the molecule is COC(=O)c1nc(Br)sc1-c1ccc(Br)c(Br)c1. The lowest BCUT2D eigenvalue weighted by Crippen LogP contribution is -2.03. The number of hydrogen-bond acceptors (Lipinski definition) is 4. The van der Waals surface area contributed by atoms with Gasteiger partial charge in [-0.1, -0.05) is 6.07 Å². The smallest absolute Gasteiger partial charge is 0.358 e. The zero-order chi connectivity index (χ0) is 13.3. The fourth-order valence-electron chi connectivity index (χ4n) is 1.36. The van der Waals surface area contributed by atoms with Crippen molar-refractivity contribution in [1.82, 2.24) is 4.98 Å². The van der Waals surface area contributed by atoms with E-state index in [1.165, 1.54) is 18.4 Å². The number of nitrogens with zero attached hydrogens (tertiary/aromatic N) is 1. The molecule has 1 heterocycles. The van der Waals surface area contributed by atoms with Gasteiger partial charge in [-0.25, -0.2) is 9.78 Å². The first-order chi connectivity index (χ1) is 8.52. The number of ether oxygens (including phenoxy) is 1. The van der Waals surface area contributed by atoms with Crippen molar-refractivity contribution in [2.45, 2.75) is 0 Å². The van der Waals surface area contributed by atoms with E-state index in [1.807, 2.05) is 18.2 Å². The number of rotatable bonds is 2. The third-order valence-corrected chi connectivity index (χ3v) is 5.60. The molecule has 0 aliphatic carbocycles. The summed E-state index contributed by atoms with van der Waals surface area (Å²) in [4.78, 5) is 16.6. The van der Waals surface area contributed by atoms with Crippen LogP contribution < -0.4 is 0 Å². The van der Waals surface area contributed by atoms with Crippen molar-refractivity contribution >= 4 is 65.1 Å². The standard InChI is InChI=1S/C11H6Br3NO2S/c1-17-10(16)8-9(18-11(14)15-8)5-2-3-6(12)7(13)4-5/h2-4H,1H3. The van der Waals surface area contributed by atoms with Gasteiger partial charge in [0.05, 0.1) is 12.0 Å². The maximum atomic E-state index is 11.7. The van der Waals surface area contributed by atoms with E-state index in [0.29, 0.717) is 9.61 Å². The van der Waals surface area contributed by atoms with Crippen molar-refractivity contribution in [2.75, 3.05) is 7.11 Å². The van der Waals surface area contributed by atoms with Crippen LogP contribution in [0.15, 0.2) is 31.1 Å². The molecule has 94 valence electrons. The molecule has 0 bridgehead atoms. The number of hydrogen-bond donors (Lipinski definition) is 0. The first-order valence-corrected chi connectivity index (χ1v) is 7.92. The second-order valence-corrected chi connectivity index (χ2v) is 7.25. The van der Waals surface area contributed by atoms with Crippen LogP contribution in [0.25, 0.3) is 10.4 Å². The summed E-state index contributed by atoms with van der Waals surface area (Å²) in [7, 11) is 1.34. The molecule has 0 aliphatic rings. The number of carbonyl (C=O) groups excluding carboxylic acids is 1. The molecule has 0 aliphatic heterocycles. The van der Waals surface area contributed by atoms with Gasteiger partial charge in [-0.2, -0.15) is 0 Å². The lowest BCUT2D eigenvalue weighted by molar-refractivity contribution is 0.0595. The van der Waals surface area contributed by atoms with Crippen LogP contribution >= 0.6 is 59.1 Å². The van der Waals surface area contributed by atoms with Crippen LogP contribution in [0.4, 0.5) is 0 Å². The number of methoxy groups -OCH3 is 1. The Labute approximate surface area is 133 Å². The van der Waals surface area contributed by atoms with Crippen LogP contribution in [0.3, 0.4) is 0 Å². The summed E-state index contributed by atoms with van der Waals surface area (Å²) in [5, 5.41) is 0. The molecule has 2 aromatic rings. The molecule has 0 saturated carbocycles. The van der Waals surface area contributed by atoms with Crippen LogP contribution in [-0.4, -0.2) is 18.1 Å². The first-order valence-electron chi connectivity index (χ1n) is 4.73. The molecule has 0 spiro atoms. The Morgan fingerprint density at radius 2 is 2.00 bits per heavy atom. The number of halogens is 3. The summed E-state index contributed by atoms with van der Waals surface area (Å²) in [5.74, 6) is -0.439. The first kappa shape index (κ1) is 14.2. The number of aromatic nitrogens is 1. The van der Waals surface area contributed by atoms with Crippen LogP contribution in [0.5, 0.6) is 0 Å². The van der Waals surface area contributed by atoms with Crippen LogP contribution in [-0.2, 0) is 4.74 Å². The summed E-state index contributed by atoms with van der Waals surface area (Å²) in [6.45, 7) is 0. The summed E-state index contributed by atoms with van der Waals surface area (Å²) < 4.78 is 7.25. The van der Waals surface area contributed by atoms with Crippen molar-refractivity contribution in [1.29, 1.82) is 0 Å². The highest BCUT2D eigenvalue weighted by Gasteiger charge is 2.19. The fourth-order valence-corrected chi connectivity index (χ4v) is 3.43. The Balaban J connectivity index is 2.56. The molecular formula is C11H6Br3NO2S. The third kappa shape index (κ3) is 2.84. The highest BCUT2D eigenvalue weighted by molar-refractivity contribution is 9.13. The predicted octanol–water partition coefficient (Wildman–Crippen LogP) is 4.88. The summed E-state index contributed by atoms with van der Waals surface area (Å²) >= 11 is 11.5. The highest BCUT2D eigenvalue weighted by Crippen LogP contribution is 2.36. The van der Waals surface area contributed by atoms with Gasteiger partial charge in [-0.05, 0) is 65.5 Å². The second kappa shape index (κ2) is 5.81. The Morgan fingerprint density at radius 1 is 1.28 bits per heavy atom. The van der Waals surface area contributed by atoms with E-state index >= 15 is 0 Å². The Morgan fingerprint density at radius 3 is 2.61 bits per heavy atom. The minimum atomic E-state index is -0.439. The van der Waals surface area contributed by atoms with E-state index < -0.39 is 5.97 Å². The van der Waals surface area contributed by atoms with E-state index in [2.05, 4.69) is 52.8 Å². The van der Waals surface area contributed by atoms with Crippen molar-refractivity contribution in [3.63, 3.8) is 0 Å². The quantitative estimate of drug-likeness (QED) is 0.605. The van der Waals surface area contributed by atoms with Crippen LogP contribution in [0, 0.1) is 0 Å². The molecule has 2 rings (SSSR count). The van der Waals surface area contributed by atoms with Gasteiger partial charge in [0, 0.05) is 8.95 Å². The predicted molar refractivity (Wildman–Crippen MR) is 82.0 cm³/mol. The van der Waals surface area contributed by atoms with Gasteiger partial charge in [-0.15, -0.1) is 11.3 Å².